The number of nitrogens with one attached hydrogen (secondary N) is 1. The van der Waals surface area contributed by atoms with Crippen molar-refractivity contribution in [3.63, 3.8) is 0 Å². The predicted molar refractivity (Wildman–Crippen MR) is 99.9 cm³/mol. The summed E-state index contributed by atoms with van der Waals surface area (Å²) in [5.74, 6) is 0.507. The predicted octanol–water partition coefficient (Wildman–Crippen LogP) is 4.91. The molecule has 1 aromatic heterocycles. The lowest BCUT2D eigenvalue weighted by atomic mass is 10.1. The molecule has 0 aliphatic rings. The van der Waals surface area contributed by atoms with Crippen LogP contribution in [0.5, 0.6) is 0 Å². The number of aliphatic imine (C=N–C) groups is 1. The second kappa shape index (κ2) is 7.38. The maximum atomic E-state index is 13.8. The van der Waals surface area contributed by atoms with Gasteiger partial charge in [0, 0.05) is 18.0 Å². The third kappa shape index (κ3) is 3.59. The summed E-state index contributed by atoms with van der Waals surface area (Å²) in [5.41, 5.74) is 3.36. The summed E-state index contributed by atoms with van der Waals surface area (Å²) in [6.07, 6.45) is 3.97. The molecule has 2 aromatic rings. The zero-order chi connectivity index (χ0) is 17.0. The molecule has 0 aliphatic heterocycles. The van der Waals surface area contributed by atoms with Gasteiger partial charge in [-0.1, -0.05) is 36.4 Å². The quantitative estimate of drug-likeness (QED) is 0.492. The van der Waals surface area contributed by atoms with Gasteiger partial charge in [0.2, 0.25) is 0 Å². The number of aromatic nitrogens is 1. The summed E-state index contributed by atoms with van der Waals surface area (Å²) in [6.45, 7) is 10.1. The minimum atomic E-state index is -0.218. The first-order chi connectivity index (χ1) is 11.0. The number of hydrogen-bond acceptors (Lipinski definition) is 2. The molecule has 2 rings (SSSR count). The van der Waals surface area contributed by atoms with Crippen molar-refractivity contribution in [3.8, 4) is 0 Å². The van der Waals surface area contributed by atoms with Crippen LogP contribution < -0.4 is 5.32 Å². The summed E-state index contributed by atoms with van der Waals surface area (Å²) >= 11 is 0. The summed E-state index contributed by atoms with van der Waals surface area (Å²) in [7, 11) is 1.90. The molecule has 0 fully saturated rings. The Morgan fingerprint density at radius 3 is 2.74 bits per heavy atom. The fourth-order valence-corrected chi connectivity index (χ4v) is 3.30. The van der Waals surface area contributed by atoms with Crippen LogP contribution >= 0.6 is 8.35 Å². The van der Waals surface area contributed by atoms with Gasteiger partial charge in [0.15, 0.2) is 0 Å². The lowest BCUT2D eigenvalue weighted by Gasteiger charge is -2.10. The first-order valence-corrected chi connectivity index (χ1v) is 8.33. The third-order valence-corrected chi connectivity index (χ3v) is 4.50. The van der Waals surface area contributed by atoms with Crippen LogP contribution in [-0.2, 0) is 0 Å². The Hall–Kier alpha value is -2.19. The van der Waals surface area contributed by atoms with Crippen molar-refractivity contribution in [2.24, 2.45) is 4.99 Å². The molecule has 1 atom stereocenters. The van der Waals surface area contributed by atoms with Gasteiger partial charge >= 0.3 is 0 Å². The van der Waals surface area contributed by atoms with Crippen LogP contribution in [0.3, 0.4) is 0 Å². The molecule has 23 heavy (non-hydrogen) atoms. The van der Waals surface area contributed by atoms with Gasteiger partial charge in [-0.25, -0.2) is 14.1 Å². The zero-order valence-electron chi connectivity index (χ0n) is 13.9. The first-order valence-electron chi connectivity index (χ1n) is 7.38. The van der Waals surface area contributed by atoms with Crippen molar-refractivity contribution < 1.29 is 4.39 Å². The van der Waals surface area contributed by atoms with Crippen LogP contribution in [0, 0.1) is 5.82 Å². The summed E-state index contributed by atoms with van der Waals surface area (Å²) in [6, 6.07) is 5.02. The number of fused-ring (bicyclic) bond motifs is 1. The lowest BCUT2D eigenvalue weighted by Crippen LogP contribution is -2.20. The van der Waals surface area contributed by atoms with Crippen molar-refractivity contribution >= 4 is 30.4 Å². The Labute approximate surface area is 137 Å². The highest BCUT2D eigenvalue weighted by molar-refractivity contribution is 7.33. The first kappa shape index (κ1) is 17.2. The Balaban J connectivity index is 2.49. The minimum absolute atomic E-state index is 0.0756. The number of allylic oxidation sites excluding steroid dienone is 2. The number of amidine groups is 1. The van der Waals surface area contributed by atoms with Crippen molar-refractivity contribution in [1.82, 2.24) is 10.1 Å². The van der Waals surface area contributed by atoms with E-state index in [0.29, 0.717) is 16.5 Å². The van der Waals surface area contributed by atoms with E-state index < -0.39 is 0 Å². The molecule has 0 amide bonds. The van der Waals surface area contributed by atoms with Gasteiger partial charge in [0.05, 0.1) is 10.8 Å². The number of likely N-dealkylation sites (N-methyl/N-ethyl adjacent to an activating group) is 1. The largest absolute Gasteiger partial charge is 0.373 e. The SMILES string of the molecule is C=C(/N=C(/NC)C(/C=C\C)=C(C)C)c1n[pH]c2c(F)cccc12. The number of halogens is 1. The normalized spacial score (nSPS) is 12.3. The van der Waals surface area contributed by atoms with Gasteiger partial charge in [0.25, 0.3) is 0 Å². The van der Waals surface area contributed by atoms with E-state index in [1.807, 2.05) is 46.0 Å². The Morgan fingerprint density at radius 2 is 2.13 bits per heavy atom. The maximum absolute atomic E-state index is 13.8. The Morgan fingerprint density at radius 1 is 1.39 bits per heavy atom. The van der Waals surface area contributed by atoms with E-state index in [1.54, 1.807) is 6.07 Å². The molecule has 0 aliphatic carbocycles. The summed E-state index contributed by atoms with van der Waals surface area (Å²) in [4.78, 5) is 4.60. The van der Waals surface area contributed by atoms with E-state index in [0.717, 1.165) is 22.4 Å². The average Bonchev–Trinajstić information content (AvgIpc) is 2.95. The molecule has 1 N–H and O–H groups in total. The van der Waals surface area contributed by atoms with E-state index in [4.69, 9.17) is 0 Å². The van der Waals surface area contributed by atoms with Gasteiger partial charge in [0.1, 0.15) is 17.3 Å². The molecule has 0 bridgehead atoms. The monoisotopic (exact) mass is 329 g/mol. The summed E-state index contributed by atoms with van der Waals surface area (Å²) in [5, 5.41) is 4.54. The fraction of sp³-hybridized carbons (Fsp3) is 0.222. The highest BCUT2D eigenvalue weighted by Crippen LogP contribution is 2.32. The standard InChI is InChI=1S/C18H21FN3P/c1-6-8-13(11(2)3)18(20-5)21-12(4)16-14-9-7-10-15(19)17(14)23-22-16/h6-10,23H,4H2,1-3,5H3,(H,20,21)/b8-6-. The van der Waals surface area contributed by atoms with Crippen LogP contribution in [0.15, 0.2) is 53.1 Å². The summed E-state index contributed by atoms with van der Waals surface area (Å²) < 4.78 is 18.3. The topological polar surface area (TPSA) is 37.3 Å². The van der Waals surface area contributed by atoms with Crippen molar-refractivity contribution in [2.75, 3.05) is 7.05 Å². The molecular weight excluding hydrogens is 308 g/mol. The van der Waals surface area contributed by atoms with E-state index in [-0.39, 0.29) is 14.2 Å². The van der Waals surface area contributed by atoms with E-state index in [2.05, 4.69) is 21.6 Å². The molecule has 0 spiro atoms. The maximum Gasteiger partial charge on any atom is 0.136 e. The van der Waals surface area contributed by atoms with E-state index in [1.165, 1.54) is 6.07 Å². The smallest absolute Gasteiger partial charge is 0.136 e. The van der Waals surface area contributed by atoms with Gasteiger partial charge < -0.3 is 5.32 Å². The number of hydrogen-bond donors (Lipinski definition) is 1. The molecule has 0 saturated carbocycles. The highest BCUT2D eigenvalue weighted by atomic mass is 31.0. The van der Waals surface area contributed by atoms with Gasteiger partial charge in [-0.2, -0.15) is 0 Å². The fourth-order valence-electron chi connectivity index (χ4n) is 2.31. The second-order valence-corrected chi connectivity index (χ2v) is 6.25. The lowest BCUT2D eigenvalue weighted by molar-refractivity contribution is 0.642. The van der Waals surface area contributed by atoms with Crippen LogP contribution in [0.25, 0.3) is 16.2 Å². The molecule has 1 heterocycles. The van der Waals surface area contributed by atoms with Crippen LogP contribution in [-0.4, -0.2) is 17.6 Å². The highest BCUT2D eigenvalue weighted by Gasteiger charge is 2.12. The molecule has 0 radical (unpaired) electrons. The van der Waals surface area contributed by atoms with Crippen molar-refractivity contribution in [1.29, 1.82) is 0 Å². The Kier molecular flexibility index (Phi) is 5.51. The second-order valence-electron chi connectivity index (χ2n) is 5.31. The van der Waals surface area contributed by atoms with Gasteiger partial charge in [-0.05, 0) is 35.2 Å². The molecule has 0 saturated heterocycles. The van der Waals surface area contributed by atoms with Crippen molar-refractivity contribution in [2.45, 2.75) is 20.8 Å². The van der Waals surface area contributed by atoms with Gasteiger partial charge in [-0.3, -0.25) is 0 Å². The zero-order valence-corrected chi connectivity index (χ0v) is 14.9. The molecule has 5 heteroatoms. The van der Waals surface area contributed by atoms with Crippen LogP contribution in [0.2, 0.25) is 0 Å². The van der Waals surface area contributed by atoms with Crippen LogP contribution in [0.4, 0.5) is 4.39 Å². The van der Waals surface area contributed by atoms with E-state index in [9.17, 15) is 4.39 Å². The van der Waals surface area contributed by atoms with Gasteiger partial charge in [-0.15, -0.1) is 0 Å². The molecule has 1 aromatic carbocycles. The average molecular weight is 329 g/mol. The molecule has 1 unspecified atom stereocenters. The Bertz CT molecular complexity index is 824. The third-order valence-electron chi connectivity index (χ3n) is 3.43. The molecule has 120 valence electrons. The number of rotatable bonds is 4. The number of benzene rings is 1. The molecule has 3 nitrogen and oxygen atoms in total. The minimum Gasteiger partial charge on any atom is -0.373 e. The van der Waals surface area contributed by atoms with Crippen molar-refractivity contribution in [3.05, 3.63) is 59.6 Å². The van der Waals surface area contributed by atoms with E-state index >= 15 is 0 Å². The van der Waals surface area contributed by atoms with Crippen LogP contribution in [0.1, 0.15) is 26.5 Å². The molecular formula is C18H21FN3P. The number of nitrogens with zero attached hydrogens (tertiary/aromatic N) is 2.